The molecule has 0 aliphatic carbocycles. The van der Waals surface area contributed by atoms with Crippen molar-refractivity contribution < 1.29 is 40.3 Å². The topological polar surface area (TPSA) is 59.8 Å². The summed E-state index contributed by atoms with van der Waals surface area (Å²) in [4.78, 5) is 5.78. The molecule has 0 fully saturated rings. The Morgan fingerprint density at radius 1 is 0.467 bits per heavy atom. The molecule has 0 aromatic carbocycles. The number of rotatable bonds is 0. The van der Waals surface area contributed by atoms with E-state index in [0.29, 0.717) is 0 Å². The van der Waals surface area contributed by atoms with Crippen molar-refractivity contribution in [3.05, 3.63) is 61.2 Å². The standard InChI is InChI=1S/2C5H5N.2ClH.H2O/c2*1-2-4-6-5-3-1;;;/h2*1-5H;2*1H;1H2. The molecular formula is C10H14Cl2N2O. The summed E-state index contributed by atoms with van der Waals surface area (Å²) < 4.78 is 0. The quantitative estimate of drug-likeness (QED) is 0.446. The number of H-pyrrole nitrogens is 2. The van der Waals surface area contributed by atoms with Crippen molar-refractivity contribution in [1.29, 1.82) is 0 Å². The van der Waals surface area contributed by atoms with Crippen LogP contribution >= 0.6 is 0 Å². The molecule has 0 atom stereocenters. The monoisotopic (exact) mass is 248 g/mol. The van der Waals surface area contributed by atoms with Crippen LogP contribution in [0.2, 0.25) is 0 Å². The molecule has 0 spiro atoms. The van der Waals surface area contributed by atoms with Crippen LogP contribution < -0.4 is 34.8 Å². The summed E-state index contributed by atoms with van der Waals surface area (Å²) in [6, 6.07) is 11.7. The van der Waals surface area contributed by atoms with Crippen molar-refractivity contribution in [2.45, 2.75) is 0 Å². The Labute approximate surface area is 102 Å². The van der Waals surface area contributed by atoms with Crippen molar-refractivity contribution in [2.24, 2.45) is 0 Å². The van der Waals surface area contributed by atoms with E-state index < -0.39 is 0 Å². The van der Waals surface area contributed by atoms with E-state index in [0.717, 1.165) is 0 Å². The Bertz CT molecular complexity index is 197. The Morgan fingerprint density at radius 3 is 0.800 bits per heavy atom. The lowest BCUT2D eigenvalue weighted by molar-refractivity contribution is -0.378. The smallest absolute Gasteiger partial charge is 0.166 e. The predicted molar refractivity (Wildman–Crippen MR) is 49.6 cm³/mol. The van der Waals surface area contributed by atoms with Crippen LogP contribution in [0.15, 0.2) is 61.2 Å². The molecule has 0 radical (unpaired) electrons. The first-order valence-electron chi connectivity index (χ1n) is 3.82. The molecule has 2 heterocycles. The van der Waals surface area contributed by atoms with Crippen molar-refractivity contribution in [2.75, 3.05) is 0 Å². The van der Waals surface area contributed by atoms with Gasteiger partial charge in [0.1, 0.15) is 0 Å². The first-order chi connectivity index (χ1) is 6.00. The fraction of sp³-hybridized carbons (Fsp3) is 0. The minimum absolute atomic E-state index is 0. The van der Waals surface area contributed by atoms with Gasteiger partial charge in [0.05, 0.1) is 0 Å². The molecule has 3 nitrogen and oxygen atoms in total. The normalized spacial score (nSPS) is 6.40. The Balaban J connectivity index is -0.000000160. The molecule has 2 aromatic rings. The van der Waals surface area contributed by atoms with Crippen LogP contribution in [0, 0.1) is 0 Å². The number of hydrogen-bond acceptors (Lipinski definition) is 0. The van der Waals surface area contributed by atoms with Gasteiger partial charge in [-0.2, -0.15) is 0 Å². The zero-order valence-corrected chi connectivity index (χ0v) is 9.54. The molecule has 0 aliphatic heterocycles. The summed E-state index contributed by atoms with van der Waals surface area (Å²) in [6.45, 7) is 0. The zero-order chi connectivity index (χ0) is 8.49. The fourth-order valence-electron chi connectivity index (χ4n) is 0.684. The minimum atomic E-state index is 0. The van der Waals surface area contributed by atoms with Crippen LogP contribution in [0.5, 0.6) is 0 Å². The lowest BCUT2D eigenvalue weighted by atomic mass is 10.5. The van der Waals surface area contributed by atoms with Gasteiger partial charge in [0.2, 0.25) is 0 Å². The summed E-state index contributed by atoms with van der Waals surface area (Å²) in [5.41, 5.74) is 0. The summed E-state index contributed by atoms with van der Waals surface area (Å²) in [5, 5.41) is 0. The summed E-state index contributed by atoms with van der Waals surface area (Å²) in [7, 11) is 0. The van der Waals surface area contributed by atoms with Gasteiger partial charge < -0.3 is 30.3 Å². The number of halogens is 2. The lowest BCUT2D eigenvalue weighted by Crippen LogP contribution is -3.00. The maximum atomic E-state index is 2.89. The number of pyridine rings is 2. The number of hydrogen-bond donors (Lipinski definition) is 0. The van der Waals surface area contributed by atoms with Crippen LogP contribution in [0.1, 0.15) is 0 Å². The van der Waals surface area contributed by atoms with E-state index in [4.69, 9.17) is 0 Å². The third-order valence-corrected chi connectivity index (χ3v) is 1.21. The van der Waals surface area contributed by atoms with Gasteiger partial charge in [-0.05, 0) is 0 Å². The zero-order valence-electron chi connectivity index (χ0n) is 8.03. The van der Waals surface area contributed by atoms with Gasteiger partial charge in [-0.25, -0.2) is 9.97 Å². The van der Waals surface area contributed by atoms with Gasteiger partial charge in [-0.3, -0.25) is 0 Å². The number of nitrogens with one attached hydrogen (secondary N) is 2. The third kappa shape index (κ3) is 12.8. The van der Waals surface area contributed by atoms with Crippen LogP contribution in [0.3, 0.4) is 0 Å². The molecule has 0 amide bonds. The second-order valence-electron chi connectivity index (χ2n) is 2.15. The highest BCUT2D eigenvalue weighted by Crippen LogP contribution is 1.68. The van der Waals surface area contributed by atoms with Crippen LogP contribution in [-0.4, -0.2) is 5.48 Å². The Hall–Kier alpha value is -1.16. The molecule has 4 N–H and O–H groups in total. The molecule has 5 heteroatoms. The molecule has 2 rings (SSSR count). The number of aromatic amines is 2. The third-order valence-electron chi connectivity index (χ3n) is 1.21. The predicted octanol–water partition coefficient (Wildman–Crippen LogP) is -5.82. The Morgan fingerprint density at radius 2 is 0.733 bits per heavy atom. The van der Waals surface area contributed by atoms with Crippen LogP contribution in [-0.2, 0) is 0 Å². The highest BCUT2D eigenvalue weighted by Gasteiger charge is 1.66. The second kappa shape index (κ2) is 15.3. The average Bonchev–Trinajstić information content (AvgIpc) is 2.24. The van der Waals surface area contributed by atoms with Gasteiger partial charge in [0.25, 0.3) is 0 Å². The minimum Gasteiger partial charge on any atom is -1.00 e. The number of aromatic nitrogens is 2. The molecule has 0 saturated carbocycles. The van der Waals surface area contributed by atoms with Gasteiger partial charge in [-0.1, -0.05) is 12.1 Å². The molecular weight excluding hydrogens is 235 g/mol. The fourth-order valence-corrected chi connectivity index (χ4v) is 0.684. The van der Waals surface area contributed by atoms with E-state index >= 15 is 0 Å². The summed E-state index contributed by atoms with van der Waals surface area (Å²) >= 11 is 0. The van der Waals surface area contributed by atoms with E-state index in [1.54, 1.807) is 0 Å². The molecule has 0 saturated heterocycles. The largest absolute Gasteiger partial charge is 1.00 e. The molecule has 0 bridgehead atoms. The van der Waals surface area contributed by atoms with E-state index in [2.05, 4.69) is 9.97 Å². The molecule has 0 aliphatic rings. The summed E-state index contributed by atoms with van der Waals surface area (Å²) in [6.07, 6.45) is 7.50. The molecule has 15 heavy (non-hydrogen) atoms. The maximum absolute atomic E-state index is 2.89. The van der Waals surface area contributed by atoms with Crippen molar-refractivity contribution in [3.8, 4) is 0 Å². The highest BCUT2D eigenvalue weighted by molar-refractivity contribution is 4.83. The maximum Gasteiger partial charge on any atom is 0.166 e. The van der Waals surface area contributed by atoms with Crippen LogP contribution in [0.25, 0.3) is 0 Å². The van der Waals surface area contributed by atoms with E-state index in [9.17, 15) is 0 Å². The molecule has 0 unspecified atom stereocenters. The van der Waals surface area contributed by atoms with Crippen LogP contribution in [0.4, 0.5) is 0 Å². The highest BCUT2D eigenvalue weighted by atomic mass is 35.5. The van der Waals surface area contributed by atoms with Crippen molar-refractivity contribution >= 4 is 0 Å². The van der Waals surface area contributed by atoms with Gasteiger partial charge >= 0.3 is 0 Å². The van der Waals surface area contributed by atoms with Gasteiger partial charge in [0, 0.05) is 24.3 Å². The van der Waals surface area contributed by atoms with E-state index in [-0.39, 0.29) is 30.3 Å². The second-order valence-corrected chi connectivity index (χ2v) is 2.15. The SMILES string of the molecule is O.[Cl-].[Cl-].c1cc[nH+]cc1.c1cc[nH+]cc1. The van der Waals surface area contributed by atoms with Crippen molar-refractivity contribution in [3.63, 3.8) is 0 Å². The van der Waals surface area contributed by atoms with Gasteiger partial charge in [0.15, 0.2) is 24.8 Å². The van der Waals surface area contributed by atoms with E-state index in [1.807, 2.05) is 61.2 Å². The molecule has 2 aromatic heterocycles. The average molecular weight is 249 g/mol. The first kappa shape index (κ1) is 19.4. The molecule has 84 valence electrons. The first-order valence-corrected chi connectivity index (χ1v) is 3.82. The summed E-state index contributed by atoms with van der Waals surface area (Å²) in [5.74, 6) is 0. The lowest BCUT2D eigenvalue weighted by Gasteiger charge is -1.63. The van der Waals surface area contributed by atoms with Gasteiger partial charge in [-0.15, -0.1) is 0 Å². The Kier molecular flexibility index (Phi) is 19.8. The van der Waals surface area contributed by atoms with E-state index in [1.165, 1.54) is 0 Å². The van der Waals surface area contributed by atoms with Crippen molar-refractivity contribution in [1.82, 2.24) is 0 Å².